The van der Waals surface area contributed by atoms with Crippen molar-refractivity contribution in [1.82, 2.24) is 15.0 Å². The molecular formula is C16H19N5O. The summed E-state index contributed by atoms with van der Waals surface area (Å²) in [5, 5.41) is 5.93. The summed E-state index contributed by atoms with van der Waals surface area (Å²) in [4.78, 5) is 24.7. The van der Waals surface area contributed by atoms with Crippen LogP contribution in [-0.2, 0) is 4.79 Å². The molecule has 1 aliphatic carbocycles. The molecule has 0 radical (unpaired) electrons. The van der Waals surface area contributed by atoms with Crippen LogP contribution in [0.4, 0.5) is 11.6 Å². The first-order valence-electron chi connectivity index (χ1n) is 7.50. The number of anilines is 2. The molecule has 6 nitrogen and oxygen atoms in total. The smallest absolute Gasteiger partial charge is 0.227 e. The molecule has 2 aromatic heterocycles. The third kappa shape index (κ3) is 4.00. The number of aromatic nitrogens is 3. The highest BCUT2D eigenvalue weighted by molar-refractivity contribution is 5.89. The van der Waals surface area contributed by atoms with Crippen LogP contribution in [0.3, 0.4) is 0 Å². The summed E-state index contributed by atoms with van der Waals surface area (Å²) in [5.41, 5.74) is 1.06. The largest absolute Gasteiger partial charge is 0.369 e. The molecule has 114 valence electrons. The maximum Gasteiger partial charge on any atom is 0.227 e. The summed E-state index contributed by atoms with van der Waals surface area (Å²) >= 11 is 0. The molecule has 0 saturated heterocycles. The van der Waals surface area contributed by atoms with E-state index >= 15 is 0 Å². The lowest BCUT2D eigenvalue weighted by Crippen LogP contribution is -2.17. The Morgan fingerprint density at radius 2 is 2.09 bits per heavy atom. The predicted octanol–water partition coefficient (Wildman–Crippen LogP) is 2.50. The monoisotopic (exact) mass is 297 g/mol. The number of aryl methyl sites for hydroxylation is 1. The summed E-state index contributed by atoms with van der Waals surface area (Å²) in [5.74, 6) is 2.71. The Morgan fingerprint density at radius 3 is 2.82 bits per heavy atom. The topological polar surface area (TPSA) is 79.8 Å². The van der Waals surface area contributed by atoms with Crippen molar-refractivity contribution in [3.8, 4) is 0 Å². The number of hydrogen-bond donors (Lipinski definition) is 2. The van der Waals surface area contributed by atoms with Crippen LogP contribution in [0.25, 0.3) is 0 Å². The maximum absolute atomic E-state index is 11.8. The fraction of sp³-hybridized carbons (Fsp3) is 0.375. The van der Waals surface area contributed by atoms with E-state index in [1.807, 2.05) is 19.1 Å². The van der Waals surface area contributed by atoms with Crippen LogP contribution in [0.15, 0.2) is 30.6 Å². The molecule has 1 fully saturated rings. The van der Waals surface area contributed by atoms with Gasteiger partial charge in [-0.3, -0.25) is 4.79 Å². The minimum atomic E-state index is -0.0691. The Labute approximate surface area is 129 Å². The zero-order valence-corrected chi connectivity index (χ0v) is 12.5. The molecule has 0 spiro atoms. The van der Waals surface area contributed by atoms with E-state index in [0.717, 1.165) is 17.2 Å². The van der Waals surface area contributed by atoms with Gasteiger partial charge in [-0.2, -0.15) is 0 Å². The van der Waals surface area contributed by atoms with Gasteiger partial charge >= 0.3 is 0 Å². The highest BCUT2D eigenvalue weighted by atomic mass is 16.1. The number of pyridine rings is 1. The van der Waals surface area contributed by atoms with Gasteiger partial charge in [-0.1, -0.05) is 6.07 Å². The average molecular weight is 297 g/mol. The molecule has 0 aliphatic heterocycles. The van der Waals surface area contributed by atoms with Gasteiger partial charge in [0.05, 0.1) is 0 Å². The average Bonchev–Trinajstić information content (AvgIpc) is 3.35. The Hall–Kier alpha value is -2.50. The molecule has 2 heterocycles. The van der Waals surface area contributed by atoms with Crippen molar-refractivity contribution < 1.29 is 4.79 Å². The lowest BCUT2D eigenvalue weighted by Gasteiger charge is -2.07. The zero-order valence-electron chi connectivity index (χ0n) is 12.5. The van der Waals surface area contributed by atoms with E-state index in [2.05, 4.69) is 25.6 Å². The molecular weight excluding hydrogens is 278 g/mol. The second-order valence-electron chi connectivity index (χ2n) is 5.52. The van der Waals surface area contributed by atoms with Gasteiger partial charge in [0, 0.05) is 31.3 Å². The number of carbonyl (C=O) groups excluding carboxylic acids is 1. The Morgan fingerprint density at radius 1 is 1.23 bits per heavy atom. The van der Waals surface area contributed by atoms with Crippen molar-refractivity contribution in [3.05, 3.63) is 42.0 Å². The molecule has 6 heteroatoms. The third-order valence-corrected chi connectivity index (χ3v) is 3.45. The Balaban J connectivity index is 1.45. The van der Waals surface area contributed by atoms with Gasteiger partial charge in [-0.05, 0) is 37.5 Å². The number of carbonyl (C=O) groups is 1. The number of hydrogen-bond acceptors (Lipinski definition) is 5. The lowest BCUT2D eigenvalue weighted by atomic mass is 10.3. The second kappa shape index (κ2) is 6.51. The van der Waals surface area contributed by atoms with Crippen LogP contribution in [-0.4, -0.2) is 27.4 Å². The standard InChI is InChI=1S/C16H19N5O/c1-11-2-5-13(19-10-11)20-15(22)7-9-17-14-6-8-18-16(21-14)12-3-4-12/h2,5-6,8,10,12H,3-4,7,9H2,1H3,(H,17,18,21)(H,19,20,22). The van der Waals surface area contributed by atoms with E-state index in [0.29, 0.717) is 24.7 Å². The SMILES string of the molecule is Cc1ccc(NC(=O)CCNc2ccnc(C3CC3)n2)nc1. The molecule has 0 aromatic carbocycles. The molecule has 1 aliphatic rings. The van der Waals surface area contributed by atoms with E-state index in [-0.39, 0.29) is 5.91 Å². The summed E-state index contributed by atoms with van der Waals surface area (Å²) < 4.78 is 0. The first-order valence-corrected chi connectivity index (χ1v) is 7.50. The molecule has 1 amide bonds. The highest BCUT2D eigenvalue weighted by Crippen LogP contribution is 2.37. The van der Waals surface area contributed by atoms with Crippen molar-refractivity contribution >= 4 is 17.5 Å². The minimum Gasteiger partial charge on any atom is -0.369 e. The van der Waals surface area contributed by atoms with E-state index in [4.69, 9.17) is 0 Å². The maximum atomic E-state index is 11.8. The molecule has 1 saturated carbocycles. The number of rotatable bonds is 6. The Kier molecular flexibility index (Phi) is 4.27. The van der Waals surface area contributed by atoms with Crippen molar-refractivity contribution in [1.29, 1.82) is 0 Å². The van der Waals surface area contributed by atoms with E-state index in [1.165, 1.54) is 12.8 Å². The third-order valence-electron chi connectivity index (χ3n) is 3.45. The summed E-state index contributed by atoms with van der Waals surface area (Å²) in [6.07, 6.45) is 6.20. The van der Waals surface area contributed by atoms with Crippen molar-refractivity contribution in [2.75, 3.05) is 17.2 Å². The van der Waals surface area contributed by atoms with E-state index in [1.54, 1.807) is 18.5 Å². The fourth-order valence-electron chi connectivity index (χ4n) is 2.06. The van der Waals surface area contributed by atoms with Crippen LogP contribution in [0.5, 0.6) is 0 Å². The zero-order chi connectivity index (χ0) is 15.4. The summed E-state index contributed by atoms with van der Waals surface area (Å²) in [7, 11) is 0. The number of amides is 1. The van der Waals surface area contributed by atoms with E-state index in [9.17, 15) is 4.79 Å². The number of nitrogens with one attached hydrogen (secondary N) is 2. The number of nitrogens with zero attached hydrogens (tertiary/aromatic N) is 3. The van der Waals surface area contributed by atoms with Crippen molar-refractivity contribution in [3.63, 3.8) is 0 Å². The van der Waals surface area contributed by atoms with Gasteiger partial charge in [0.2, 0.25) is 5.91 Å². The molecule has 2 aromatic rings. The first kappa shape index (κ1) is 14.4. The molecule has 22 heavy (non-hydrogen) atoms. The molecule has 2 N–H and O–H groups in total. The lowest BCUT2D eigenvalue weighted by molar-refractivity contribution is -0.116. The first-order chi connectivity index (χ1) is 10.7. The quantitative estimate of drug-likeness (QED) is 0.856. The van der Waals surface area contributed by atoms with E-state index < -0.39 is 0 Å². The fourth-order valence-corrected chi connectivity index (χ4v) is 2.06. The molecule has 0 bridgehead atoms. The second-order valence-corrected chi connectivity index (χ2v) is 5.52. The van der Waals surface area contributed by atoms with Crippen LogP contribution >= 0.6 is 0 Å². The summed E-state index contributed by atoms with van der Waals surface area (Å²) in [6, 6.07) is 5.54. The Bertz CT molecular complexity index is 652. The van der Waals surface area contributed by atoms with Crippen LogP contribution < -0.4 is 10.6 Å². The highest BCUT2D eigenvalue weighted by Gasteiger charge is 2.26. The predicted molar refractivity (Wildman–Crippen MR) is 84.7 cm³/mol. The van der Waals surface area contributed by atoms with Crippen LogP contribution in [0.2, 0.25) is 0 Å². The van der Waals surface area contributed by atoms with Crippen molar-refractivity contribution in [2.45, 2.75) is 32.1 Å². The van der Waals surface area contributed by atoms with Gasteiger partial charge in [0.15, 0.2) is 0 Å². The molecule has 0 atom stereocenters. The van der Waals surface area contributed by atoms with Crippen LogP contribution in [0, 0.1) is 6.92 Å². The van der Waals surface area contributed by atoms with Crippen molar-refractivity contribution in [2.24, 2.45) is 0 Å². The molecule has 0 unspecified atom stereocenters. The van der Waals surface area contributed by atoms with Gasteiger partial charge in [0.25, 0.3) is 0 Å². The molecule has 3 rings (SSSR count). The van der Waals surface area contributed by atoms with Gasteiger partial charge in [-0.15, -0.1) is 0 Å². The summed E-state index contributed by atoms with van der Waals surface area (Å²) in [6.45, 7) is 2.49. The van der Waals surface area contributed by atoms with Gasteiger partial charge in [0.1, 0.15) is 17.5 Å². The van der Waals surface area contributed by atoms with Gasteiger partial charge in [-0.25, -0.2) is 15.0 Å². The minimum absolute atomic E-state index is 0.0691. The normalized spacial score (nSPS) is 13.7. The van der Waals surface area contributed by atoms with Crippen LogP contribution in [0.1, 0.15) is 36.6 Å². The van der Waals surface area contributed by atoms with Gasteiger partial charge < -0.3 is 10.6 Å².